The second-order valence-electron chi connectivity index (χ2n) is 2.99. The van der Waals surface area contributed by atoms with Crippen molar-refractivity contribution in [1.29, 1.82) is 0 Å². The Hall–Kier alpha value is -2.10. The van der Waals surface area contributed by atoms with E-state index in [0.717, 1.165) is 13.2 Å². The molecule has 0 saturated heterocycles. The van der Waals surface area contributed by atoms with Crippen molar-refractivity contribution in [1.82, 2.24) is 4.98 Å². The van der Waals surface area contributed by atoms with E-state index in [0.29, 0.717) is 0 Å². The largest absolute Gasteiger partial charge is 0.574 e. The molecule has 0 fully saturated rings. The predicted octanol–water partition coefficient (Wildman–Crippen LogP) is 1.36. The first-order chi connectivity index (χ1) is 8.28. The molecule has 1 heterocycles. The molecule has 18 heavy (non-hydrogen) atoms. The number of ether oxygens (including phenoxy) is 2. The van der Waals surface area contributed by atoms with E-state index in [1.807, 2.05) is 0 Å². The van der Waals surface area contributed by atoms with E-state index >= 15 is 0 Å². The van der Waals surface area contributed by atoms with Gasteiger partial charge in [-0.25, -0.2) is 0 Å². The van der Waals surface area contributed by atoms with Crippen LogP contribution in [0.1, 0.15) is 5.56 Å². The van der Waals surface area contributed by atoms with Crippen molar-refractivity contribution in [3.63, 3.8) is 0 Å². The van der Waals surface area contributed by atoms with Gasteiger partial charge in [0, 0.05) is 12.6 Å². The van der Waals surface area contributed by atoms with Crippen LogP contribution >= 0.6 is 0 Å². The van der Waals surface area contributed by atoms with E-state index in [-0.39, 0.29) is 12.1 Å². The van der Waals surface area contributed by atoms with Crippen molar-refractivity contribution in [3.05, 3.63) is 21.7 Å². The molecular weight excluding hydrogens is 259 g/mol. The first-order valence-corrected chi connectivity index (χ1v) is 4.46. The van der Waals surface area contributed by atoms with Gasteiger partial charge >= 0.3 is 12.0 Å². The predicted molar refractivity (Wildman–Crippen MR) is 52.0 cm³/mol. The summed E-state index contributed by atoms with van der Waals surface area (Å²) in [6.45, 7) is -0.358. The summed E-state index contributed by atoms with van der Waals surface area (Å²) < 4.78 is 44.1. The van der Waals surface area contributed by atoms with Crippen molar-refractivity contribution in [2.24, 2.45) is 5.73 Å². The normalized spacial score (nSPS) is 11.2. The standard InChI is InChI=1S/C8H8F3N3O4/c1-17-7-6(14(15)16)4(3-12)2-5(13-7)18-8(9,10)11/h2H,3,12H2,1H3. The summed E-state index contributed by atoms with van der Waals surface area (Å²) in [6.07, 6.45) is -4.96. The second kappa shape index (κ2) is 5.04. The molecule has 0 amide bonds. The third-order valence-corrected chi connectivity index (χ3v) is 1.83. The molecule has 100 valence electrons. The molecule has 0 aromatic carbocycles. The Kier molecular flexibility index (Phi) is 3.91. The lowest BCUT2D eigenvalue weighted by molar-refractivity contribution is -0.386. The number of halogens is 3. The van der Waals surface area contributed by atoms with Gasteiger partial charge in [-0.05, 0) is 0 Å². The summed E-state index contributed by atoms with van der Waals surface area (Å²) in [6, 6.07) is 0.744. The Labute approximate surface area is 98.5 Å². The molecule has 0 radical (unpaired) electrons. The van der Waals surface area contributed by atoms with Crippen LogP contribution in [0.15, 0.2) is 6.07 Å². The highest BCUT2D eigenvalue weighted by Crippen LogP contribution is 2.33. The Morgan fingerprint density at radius 3 is 2.56 bits per heavy atom. The molecule has 10 heteroatoms. The van der Waals surface area contributed by atoms with Crippen LogP contribution in [-0.2, 0) is 6.54 Å². The summed E-state index contributed by atoms with van der Waals surface area (Å²) in [4.78, 5) is 13.1. The maximum absolute atomic E-state index is 12.0. The molecule has 1 aromatic heterocycles. The smallest absolute Gasteiger partial charge is 0.476 e. The molecule has 0 saturated carbocycles. The number of methoxy groups -OCH3 is 1. The monoisotopic (exact) mass is 267 g/mol. The average molecular weight is 267 g/mol. The molecule has 1 rings (SSSR count). The fraction of sp³-hybridized carbons (Fsp3) is 0.375. The number of alkyl halides is 3. The third-order valence-electron chi connectivity index (χ3n) is 1.83. The molecule has 0 bridgehead atoms. The van der Waals surface area contributed by atoms with Gasteiger partial charge in [-0.2, -0.15) is 4.98 Å². The zero-order chi connectivity index (χ0) is 13.9. The fourth-order valence-corrected chi connectivity index (χ4v) is 1.20. The SMILES string of the molecule is COc1nc(OC(F)(F)F)cc(CN)c1[N+](=O)[O-]. The van der Waals surface area contributed by atoms with Gasteiger partial charge in [0.05, 0.1) is 17.6 Å². The number of rotatable bonds is 4. The molecule has 0 spiro atoms. The third kappa shape index (κ3) is 3.20. The van der Waals surface area contributed by atoms with E-state index < -0.39 is 28.7 Å². The molecule has 0 aliphatic rings. The average Bonchev–Trinajstić information content (AvgIpc) is 2.24. The molecule has 0 aliphatic carbocycles. The van der Waals surface area contributed by atoms with Crippen molar-refractivity contribution >= 4 is 5.69 Å². The van der Waals surface area contributed by atoms with Gasteiger partial charge in [-0.3, -0.25) is 10.1 Å². The minimum atomic E-state index is -4.96. The van der Waals surface area contributed by atoms with Crippen LogP contribution in [0.25, 0.3) is 0 Å². The van der Waals surface area contributed by atoms with Crippen LogP contribution in [0.3, 0.4) is 0 Å². The second-order valence-corrected chi connectivity index (χ2v) is 2.99. The van der Waals surface area contributed by atoms with Gasteiger partial charge < -0.3 is 15.2 Å². The van der Waals surface area contributed by atoms with Gasteiger partial charge in [0.1, 0.15) is 0 Å². The number of nitro groups is 1. The topological polar surface area (TPSA) is 101 Å². The lowest BCUT2D eigenvalue weighted by Gasteiger charge is -2.11. The van der Waals surface area contributed by atoms with Crippen molar-refractivity contribution in [2.75, 3.05) is 7.11 Å². The van der Waals surface area contributed by atoms with Gasteiger partial charge in [0.2, 0.25) is 5.88 Å². The molecule has 1 aromatic rings. The number of nitrogens with zero attached hydrogens (tertiary/aromatic N) is 2. The lowest BCUT2D eigenvalue weighted by Crippen LogP contribution is -2.18. The number of aromatic nitrogens is 1. The van der Waals surface area contributed by atoms with Gasteiger partial charge in [-0.15, -0.1) is 13.2 Å². The number of pyridine rings is 1. The fourth-order valence-electron chi connectivity index (χ4n) is 1.20. The molecule has 2 N–H and O–H groups in total. The van der Waals surface area contributed by atoms with E-state index in [2.05, 4.69) is 14.5 Å². The Bertz CT molecular complexity index is 438. The maximum atomic E-state index is 12.0. The first-order valence-electron chi connectivity index (χ1n) is 4.46. The molecule has 0 atom stereocenters. The van der Waals surface area contributed by atoms with Crippen LogP contribution < -0.4 is 15.2 Å². The van der Waals surface area contributed by atoms with Crippen LogP contribution in [0, 0.1) is 10.1 Å². The van der Waals surface area contributed by atoms with Crippen molar-refractivity contribution in [3.8, 4) is 11.8 Å². The highest BCUT2D eigenvalue weighted by atomic mass is 19.4. The highest BCUT2D eigenvalue weighted by Gasteiger charge is 2.33. The zero-order valence-electron chi connectivity index (χ0n) is 9.02. The Morgan fingerprint density at radius 2 is 2.17 bits per heavy atom. The quantitative estimate of drug-likeness (QED) is 0.652. The number of hydrogen-bond donors (Lipinski definition) is 1. The summed E-state index contributed by atoms with van der Waals surface area (Å²) in [5, 5.41) is 10.7. The molecule has 0 aliphatic heterocycles. The summed E-state index contributed by atoms with van der Waals surface area (Å²) in [7, 11) is 1.03. The Morgan fingerprint density at radius 1 is 1.56 bits per heavy atom. The van der Waals surface area contributed by atoms with Gasteiger partial charge in [0.15, 0.2) is 0 Å². The summed E-state index contributed by atoms with van der Waals surface area (Å²) in [5.41, 5.74) is 4.46. The molecule has 7 nitrogen and oxygen atoms in total. The summed E-state index contributed by atoms with van der Waals surface area (Å²) in [5.74, 6) is -1.47. The van der Waals surface area contributed by atoms with E-state index in [1.54, 1.807) is 0 Å². The first kappa shape index (κ1) is 14.0. The minimum absolute atomic E-state index is 0.175. The van der Waals surface area contributed by atoms with Gasteiger partial charge in [-0.1, -0.05) is 0 Å². The van der Waals surface area contributed by atoms with Crippen molar-refractivity contribution in [2.45, 2.75) is 12.9 Å². The number of nitrogens with two attached hydrogens (primary N) is 1. The van der Waals surface area contributed by atoms with Crippen LogP contribution in [0.5, 0.6) is 11.8 Å². The van der Waals surface area contributed by atoms with E-state index in [1.165, 1.54) is 0 Å². The Balaban J connectivity index is 3.30. The minimum Gasteiger partial charge on any atom is -0.476 e. The highest BCUT2D eigenvalue weighted by molar-refractivity contribution is 5.50. The molecular formula is C8H8F3N3O4. The van der Waals surface area contributed by atoms with E-state index in [9.17, 15) is 23.3 Å². The van der Waals surface area contributed by atoms with Crippen LogP contribution in [0.4, 0.5) is 18.9 Å². The van der Waals surface area contributed by atoms with Crippen LogP contribution in [-0.4, -0.2) is 23.4 Å². The summed E-state index contributed by atoms with van der Waals surface area (Å²) >= 11 is 0. The lowest BCUT2D eigenvalue weighted by atomic mass is 10.2. The van der Waals surface area contributed by atoms with E-state index in [4.69, 9.17) is 5.73 Å². The van der Waals surface area contributed by atoms with Gasteiger partial charge in [0.25, 0.3) is 5.88 Å². The zero-order valence-corrected chi connectivity index (χ0v) is 9.02. The molecule has 0 unspecified atom stereocenters. The number of hydrogen-bond acceptors (Lipinski definition) is 6. The maximum Gasteiger partial charge on any atom is 0.574 e. The van der Waals surface area contributed by atoms with Crippen molar-refractivity contribution < 1.29 is 27.6 Å². The van der Waals surface area contributed by atoms with Crippen LogP contribution in [0.2, 0.25) is 0 Å².